The van der Waals surface area contributed by atoms with E-state index in [4.69, 9.17) is 5.11 Å². The number of carboxylic acids is 1. The fourth-order valence-electron chi connectivity index (χ4n) is 1.65. The van der Waals surface area contributed by atoms with E-state index in [0.717, 1.165) is 0 Å². The number of likely N-dealkylation sites (N-methyl/N-ethyl adjacent to an activating group) is 1. The molecule has 78 valence electrons. The first-order valence-electron chi connectivity index (χ1n) is 4.47. The normalized spacial score (nSPS) is 20.6. The predicted octanol–water partition coefficient (Wildman–Crippen LogP) is 0.595. The van der Waals surface area contributed by atoms with Gasteiger partial charge in [-0.1, -0.05) is 12.1 Å². The number of hydrazine groups is 1. The third-order valence-corrected chi connectivity index (χ3v) is 2.36. The smallest absolute Gasteiger partial charge is 0.330 e. The van der Waals surface area contributed by atoms with Crippen LogP contribution in [0.4, 0.5) is 5.69 Å². The maximum absolute atomic E-state index is 11.8. The number of hydrogen-bond acceptors (Lipinski definition) is 4. The molecule has 0 spiro atoms. The van der Waals surface area contributed by atoms with Crippen molar-refractivity contribution < 1.29 is 14.7 Å². The van der Waals surface area contributed by atoms with Crippen LogP contribution in [0.15, 0.2) is 24.3 Å². The summed E-state index contributed by atoms with van der Waals surface area (Å²) in [6.45, 7) is 0. The van der Waals surface area contributed by atoms with E-state index >= 15 is 0 Å². The number of benzene rings is 1. The lowest BCUT2D eigenvalue weighted by Gasteiger charge is -2.31. The molecule has 5 nitrogen and oxygen atoms in total. The second kappa shape index (κ2) is 3.36. The molecule has 2 N–H and O–H groups in total. The molecule has 0 radical (unpaired) electrons. The Balaban J connectivity index is 2.47. The Morgan fingerprint density at radius 2 is 2.13 bits per heavy atom. The van der Waals surface area contributed by atoms with Crippen LogP contribution in [0.1, 0.15) is 10.4 Å². The summed E-state index contributed by atoms with van der Waals surface area (Å²) in [4.78, 5) is 22.7. The lowest BCUT2D eigenvalue weighted by Crippen LogP contribution is -2.50. The summed E-state index contributed by atoms with van der Waals surface area (Å²) < 4.78 is 0. The van der Waals surface area contributed by atoms with Gasteiger partial charge in [-0.25, -0.2) is 9.80 Å². The minimum Gasteiger partial charge on any atom is -0.480 e. The molecular weight excluding hydrogens is 196 g/mol. The molecule has 1 aliphatic heterocycles. The first kappa shape index (κ1) is 9.67. The fraction of sp³-hybridized carbons (Fsp3) is 0.200. The molecule has 1 aliphatic rings. The average molecular weight is 206 g/mol. The number of anilines is 1. The number of carbonyl (C=O) groups excluding carboxylic acids is 1. The van der Waals surface area contributed by atoms with Gasteiger partial charge in [0.15, 0.2) is 11.8 Å². The largest absolute Gasteiger partial charge is 0.480 e. The molecule has 0 aliphatic carbocycles. The first-order valence-corrected chi connectivity index (χ1v) is 4.47. The molecule has 1 heterocycles. The molecule has 15 heavy (non-hydrogen) atoms. The van der Waals surface area contributed by atoms with Crippen LogP contribution in [0.25, 0.3) is 0 Å². The summed E-state index contributed by atoms with van der Waals surface area (Å²) in [7, 11) is 1.53. The predicted molar refractivity (Wildman–Crippen MR) is 53.6 cm³/mol. The van der Waals surface area contributed by atoms with Crippen LogP contribution in [0.5, 0.6) is 0 Å². The van der Waals surface area contributed by atoms with Crippen LogP contribution >= 0.6 is 0 Å². The van der Waals surface area contributed by atoms with E-state index < -0.39 is 12.0 Å². The molecule has 1 aromatic carbocycles. The number of hydrogen-bond donors (Lipinski definition) is 2. The summed E-state index contributed by atoms with van der Waals surface area (Å²) in [6.07, 6.45) is 0. The number of rotatable bonds is 1. The Labute approximate surface area is 86.3 Å². The highest BCUT2D eigenvalue weighted by molar-refractivity contribution is 6.15. The highest BCUT2D eigenvalue weighted by Crippen LogP contribution is 2.23. The van der Waals surface area contributed by atoms with E-state index in [1.54, 1.807) is 24.3 Å². The van der Waals surface area contributed by atoms with E-state index in [2.05, 4.69) is 5.43 Å². The minimum absolute atomic E-state index is 0.389. The van der Waals surface area contributed by atoms with Crippen molar-refractivity contribution in [3.05, 3.63) is 29.8 Å². The Kier molecular flexibility index (Phi) is 2.17. The molecule has 0 amide bonds. The number of ketones is 1. The number of para-hydroxylation sites is 1. The van der Waals surface area contributed by atoms with Gasteiger partial charge in [0.25, 0.3) is 0 Å². The molecule has 0 fully saturated rings. The van der Waals surface area contributed by atoms with Crippen molar-refractivity contribution >= 4 is 17.4 Å². The Morgan fingerprint density at radius 1 is 1.47 bits per heavy atom. The molecule has 0 saturated carbocycles. The van der Waals surface area contributed by atoms with Crippen molar-refractivity contribution in [3.8, 4) is 0 Å². The Hall–Kier alpha value is -1.88. The third-order valence-electron chi connectivity index (χ3n) is 2.36. The average Bonchev–Trinajstić information content (AvgIpc) is 2.17. The molecule has 2 rings (SSSR count). The van der Waals surface area contributed by atoms with Crippen molar-refractivity contribution in [1.29, 1.82) is 0 Å². The maximum atomic E-state index is 11.8. The molecule has 0 bridgehead atoms. The van der Waals surface area contributed by atoms with Crippen LogP contribution in [-0.4, -0.2) is 35.0 Å². The molecule has 0 aromatic heterocycles. The first-order chi connectivity index (χ1) is 7.11. The number of aliphatic carboxylic acids is 1. The highest BCUT2D eigenvalue weighted by Gasteiger charge is 2.36. The van der Waals surface area contributed by atoms with Gasteiger partial charge in [0.05, 0.1) is 5.69 Å². The van der Waals surface area contributed by atoms with Gasteiger partial charge >= 0.3 is 5.97 Å². The van der Waals surface area contributed by atoms with Gasteiger partial charge in [0.1, 0.15) is 0 Å². The monoisotopic (exact) mass is 206 g/mol. The van der Waals surface area contributed by atoms with Gasteiger partial charge in [-0.3, -0.25) is 4.79 Å². The number of nitrogens with one attached hydrogen (secondary N) is 1. The standard InChI is InChI=1S/C10H10N2O3/c1-12-8(10(14)15)9(13)6-4-2-3-5-7(6)11-12/h2-5,8,11H,1H3,(H,14,15). The lowest BCUT2D eigenvalue weighted by molar-refractivity contribution is -0.140. The van der Waals surface area contributed by atoms with Crippen molar-refractivity contribution in [2.45, 2.75) is 6.04 Å². The minimum atomic E-state index is -1.15. The van der Waals surface area contributed by atoms with Gasteiger partial charge in [0.2, 0.25) is 0 Å². The van der Waals surface area contributed by atoms with Crippen LogP contribution in [0.2, 0.25) is 0 Å². The number of fused-ring (bicyclic) bond motifs is 1. The molecule has 1 unspecified atom stereocenters. The van der Waals surface area contributed by atoms with Crippen molar-refractivity contribution in [1.82, 2.24) is 5.01 Å². The molecular formula is C10H10N2O3. The van der Waals surface area contributed by atoms with Gasteiger partial charge in [0, 0.05) is 12.6 Å². The Morgan fingerprint density at radius 3 is 2.80 bits per heavy atom. The molecule has 1 atom stereocenters. The number of carboxylic acid groups (broad SMARTS) is 1. The van der Waals surface area contributed by atoms with E-state index in [1.807, 2.05) is 0 Å². The van der Waals surface area contributed by atoms with Crippen LogP contribution in [-0.2, 0) is 4.79 Å². The van der Waals surface area contributed by atoms with Crippen LogP contribution in [0.3, 0.4) is 0 Å². The van der Waals surface area contributed by atoms with Gasteiger partial charge in [-0.2, -0.15) is 0 Å². The van der Waals surface area contributed by atoms with Crippen LogP contribution < -0.4 is 5.43 Å². The zero-order valence-corrected chi connectivity index (χ0v) is 8.10. The van der Waals surface area contributed by atoms with E-state index in [-0.39, 0.29) is 5.78 Å². The second-order valence-electron chi connectivity index (χ2n) is 3.37. The Bertz CT molecular complexity index is 430. The molecule has 0 saturated heterocycles. The molecule has 1 aromatic rings. The number of nitrogens with zero attached hydrogens (tertiary/aromatic N) is 1. The zero-order valence-electron chi connectivity index (χ0n) is 8.10. The van der Waals surface area contributed by atoms with Crippen molar-refractivity contribution in [3.63, 3.8) is 0 Å². The fourth-order valence-corrected chi connectivity index (χ4v) is 1.65. The lowest BCUT2D eigenvalue weighted by atomic mass is 10.00. The van der Waals surface area contributed by atoms with E-state index in [9.17, 15) is 9.59 Å². The van der Waals surface area contributed by atoms with E-state index in [1.165, 1.54) is 12.1 Å². The van der Waals surface area contributed by atoms with Gasteiger partial charge in [-0.15, -0.1) is 0 Å². The summed E-state index contributed by atoms with van der Waals surface area (Å²) in [5.74, 6) is -1.54. The van der Waals surface area contributed by atoms with Gasteiger partial charge < -0.3 is 10.5 Å². The van der Waals surface area contributed by atoms with Crippen LogP contribution in [0, 0.1) is 0 Å². The van der Waals surface area contributed by atoms with Crippen molar-refractivity contribution in [2.75, 3.05) is 12.5 Å². The summed E-state index contributed by atoms with van der Waals surface area (Å²) in [5, 5.41) is 10.2. The number of carbonyl (C=O) groups is 2. The quantitative estimate of drug-likeness (QED) is 0.658. The number of Topliss-reactive ketones (excluding diaryl/α,β-unsaturated/α-hetero) is 1. The van der Waals surface area contributed by atoms with Gasteiger partial charge in [-0.05, 0) is 12.1 Å². The summed E-state index contributed by atoms with van der Waals surface area (Å²) in [5.41, 5.74) is 3.91. The third kappa shape index (κ3) is 1.46. The van der Waals surface area contributed by atoms with Crippen molar-refractivity contribution in [2.24, 2.45) is 0 Å². The molecule has 5 heteroatoms. The topological polar surface area (TPSA) is 69.6 Å². The maximum Gasteiger partial charge on any atom is 0.330 e. The highest BCUT2D eigenvalue weighted by atomic mass is 16.4. The van der Waals surface area contributed by atoms with E-state index in [0.29, 0.717) is 11.3 Å². The summed E-state index contributed by atoms with van der Waals surface area (Å²) >= 11 is 0. The summed E-state index contributed by atoms with van der Waals surface area (Å²) in [6, 6.07) is 5.70. The zero-order chi connectivity index (χ0) is 11.0. The SMILES string of the molecule is CN1Nc2ccccc2C(=O)C1C(=O)O. The second-order valence-corrected chi connectivity index (χ2v) is 3.37.